The Morgan fingerprint density at radius 2 is 1.40 bits per heavy atom. The predicted molar refractivity (Wildman–Crippen MR) is 103 cm³/mol. The summed E-state index contributed by atoms with van der Waals surface area (Å²) >= 11 is 0. The largest absolute Gasteiger partial charge is 0.433 e. The fourth-order valence-electron chi connectivity index (χ4n) is 2.11. The number of hydrogen-bond acceptors (Lipinski definition) is 4. The van der Waals surface area contributed by atoms with Gasteiger partial charge in [-0.25, -0.2) is 0 Å². The van der Waals surface area contributed by atoms with Crippen molar-refractivity contribution in [2.24, 2.45) is 0 Å². The molecule has 0 aromatic carbocycles. The molecule has 0 rings (SSSR count). The van der Waals surface area contributed by atoms with Gasteiger partial charge < -0.3 is 14.9 Å². The van der Waals surface area contributed by atoms with Crippen LogP contribution in [0, 0.1) is 0 Å². The summed E-state index contributed by atoms with van der Waals surface area (Å²) < 4.78 is 4.66. The lowest BCUT2D eigenvalue weighted by molar-refractivity contribution is -0.184. The van der Waals surface area contributed by atoms with Gasteiger partial charge in [-0.1, -0.05) is 56.2 Å². The lowest BCUT2D eigenvalue weighted by Gasteiger charge is -2.13. The molecular weight excluding hydrogens is 316 g/mol. The Kier molecular flexibility index (Phi) is 16.5. The first-order chi connectivity index (χ1) is 12.1. The molecule has 0 heterocycles. The van der Waals surface area contributed by atoms with Gasteiger partial charge in [-0.05, 0) is 51.9 Å². The molecule has 0 bridgehead atoms. The van der Waals surface area contributed by atoms with Gasteiger partial charge in [0, 0.05) is 6.42 Å². The molecule has 0 saturated carbocycles. The van der Waals surface area contributed by atoms with Crippen LogP contribution in [0.3, 0.4) is 0 Å². The van der Waals surface area contributed by atoms with Gasteiger partial charge in [0.05, 0.1) is 0 Å². The highest BCUT2D eigenvalue weighted by Crippen LogP contribution is 2.05. The highest BCUT2D eigenvalue weighted by molar-refractivity contribution is 5.69. The average Bonchev–Trinajstić information content (AvgIpc) is 2.58. The molecule has 0 amide bonds. The van der Waals surface area contributed by atoms with Crippen LogP contribution in [-0.2, 0) is 9.53 Å². The number of unbranched alkanes of at least 4 members (excludes halogenated alkanes) is 5. The van der Waals surface area contributed by atoms with Gasteiger partial charge in [0.1, 0.15) is 6.10 Å². The van der Waals surface area contributed by atoms with Crippen LogP contribution in [-0.4, -0.2) is 28.6 Å². The molecule has 0 radical (unpaired) electrons. The molecule has 4 nitrogen and oxygen atoms in total. The van der Waals surface area contributed by atoms with Gasteiger partial charge in [-0.15, -0.1) is 0 Å². The fraction of sp³-hybridized carbons (Fsp3) is 0.667. The molecule has 4 heteroatoms. The van der Waals surface area contributed by atoms with E-state index in [0.717, 1.165) is 25.7 Å². The topological polar surface area (TPSA) is 66.8 Å². The number of rotatable bonds is 15. The van der Waals surface area contributed by atoms with Crippen molar-refractivity contribution in [2.45, 2.75) is 90.4 Å². The molecule has 0 saturated heterocycles. The normalized spacial score (nSPS) is 14.6. The third kappa shape index (κ3) is 17.2. The second-order valence-electron chi connectivity index (χ2n) is 6.25. The third-order valence-corrected chi connectivity index (χ3v) is 3.69. The Hall–Kier alpha value is -1.39. The maximum atomic E-state index is 11.4. The standard InChI is InChI=1S/C21H36O4/c1-3-4-5-6-7-8-9-10-11-12-13-14-15-16-17-18-20(23)25-21(24)19(2)22/h7-8,10-11,13-14,19,21-22,24H,3-6,9,12,15-18H2,1-2H3/b8-7-,11-10-,14-13-. The first kappa shape index (κ1) is 23.6. The van der Waals surface area contributed by atoms with Crippen LogP contribution in [0.15, 0.2) is 36.5 Å². The van der Waals surface area contributed by atoms with Crippen molar-refractivity contribution < 1.29 is 19.7 Å². The Morgan fingerprint density at radius 1 is 0.880 bits per heavy atom. The van der Waals surface area contributed by atoms with Gasteiger partial charge in [-0.2, -0.15) is 0 Å². The number of carbonyl (C=O) groups is 1. The summed E-state index contributed by atoms with van der Waals surface area (Å²) in [5, 5.41) is 18.2. The maximum Gasteiger partial charge on any atom is 0.308 e. The second-order valence-corrected chi connectivity index (χ2v) is 6.25. The Morgan fingerprint density at radius 3 is 1.92 bits per heavy atom. The van der Waals surface area contributed by atoms with Crippen molar-refractivity contribution in [3.05, 3.63) is 36.5 Å². The Bertz CT molecular complexity index is 397. The summed E-state index contributed by atoms with van der Waals surface area (Å²) in [4.78, 5) is 11.4. The van der Waals surface area contributed by atoms with Crippen molar-refractivity contribution in [3.63, 3.8) is 0 Å². The summed E-state index contributed by atoms with van der Waals surface area (Å²) in [6.45, 7) is 3.60. The minimum Gasteiger partial charge on any atom is -0.433 e. The molecule has 0 aromatic heterocycles. The number of ether oxygens (including phenoxy) is 1. The Labute approximate surface area is 153 Å². The Balaban J connectivity index is 3.49. The zero-order valence-corrected chi connectivity index (χ0v) is 15.9. The van der Waals surface area contributed by atoms with Gasteiger partial charge >= 0.3 is 5.97 Å². The zero-order chi connectivity index (χ0) is 18.8. The third-order valence-electron chi connectivity index (χ3n) is 3.69. The first-order valence-corrected chi connectivity index (χ1v) is 9.58. The van der Waals surface area contributed by atoms with Gasteiger partial charge in [-0.3, -0.25) is 4.79 Å². The van der Waals surface area contributed by atoms with Gasteiger partial charge in [0.15, 0.2) is 0 Å². The summed E-state index contributed by atoms with van der Waals surface area (Å²) in [5.74, 6) is -0.469. The van der Waals surface area contributed by atoms with Crippen molar-refractivity contribution in [1.82, 2.24) is 0 Å². The monoisotopic (exact) mass is 352 g/mol. The van der Waals surface area contributed by atoms with Crippen LogP contribution >= 0.6 is 0 Å². The fourth-order valence-corrected chi connectivity index (χ4v) is 2.11. The molecule has 0 aliphatic rings. The van der Waals surface area contributed by atoms with Crippen molar-refractivity contribution >= 4 is 5.97 Å². The summed E-state index contributed by atoms with van der Waals surface area (Å²) in [7, 11) is 0. The van der Waals surface area contributed by atoms with E-state index in [1.165, 1.54) is 32.6 Å². The zero-order valence-electron chi connectivity index (χ0n) is 15.9. The van der Waals surface area contributed by atoms with Gasteiger partial charge in [0.25, 0.3) is 0 Å². The van der Waals surface area contributed by atoms with E-state index in [-0.39, 0.29) is 6.42 Å². The minimum atomic E-state index is -1.43. The molecule has 0 fully saturated rings. The number of hydrogen-bond donors (Lipinski definition) is 2. The second kappa shape index (κ2) is 17.4. The molecule has 2 unspecified atom stereocenters. The number of allylic oxidation sites excluding steroid dienone is 6. The molecule has 0 spiro atoms. The number of esters is 1. The van der Waals surface area contributed by atoms with E-state index in [0.29, 0.717) is 6.42 Å². The highest BCUT2D eigenvalue weighted by Gasteiger charge is 2.15. The minimum absolute atomic E-state index is 0.266. The molecule has 2 atom stereocenters. The van der Waals surface area contributed by atoms with E-state index in [9.17, 15) is 9.90 Å². The number of aliphatic hydroxyl groups is 2. The van der Waals surface area contributed by atoms with E-state index in [4.69, 9.17) is 5.11 Å². The molecule has 2 N–H and O–H groups in total. The molecule has 25 heavy (non-hydrogen) atoms. The highest BCUT2D eigenvalue weighted by atomic mass is 16.6. The summed E-state index contributed by atoms with van der Waals surface area (Å²) in [6, 6.07) is 0. The molecule has 0 aliphatic carbocycles. The van der Waals surface area contributed by atoms with E-state index >= 15 is 0 Å². The van der Waals surface area contributed by atoms with Gasteiger partial charge in [0.2, 0.25) is 6.29 Å². The SMILES string of the molecule is CCCCC/C=C\C/C=C\C/C=C\CCCCC(=O)OC(O)C(C)O. The van der Waals surface area contributed by atoms with Crippen LogP contribution in [0.5, 0.6) is 0 Å². The lowest BCUT2D eigenvalue weighted by Crippen LogP contribution is -2.28. The van der Waals surface area contributed by atoms with Crippen LogP contribution in [0.1, 0.15) is 78.1 Å². The van der Waals surface area contributed by atoms with E-state index < -0.39 is 18.4 Å². The molecule has 0 aromatic rings. The van der Waals surface area contributed by atoms with Crippen molar-refractivity contribution in [3.8, 4) is 0 Å². The molecule has 144 valence electrons. The van der Waals surface area contributed by atoms with Crippen LogP contribution < -0.4 is 0 Å². The lowest BCUT2D eigenvalue weighted by atomic mass is 10.1. The summed E-state index contributed by atoms with van der Waals surface area (Å²) in [5.41, 5.74) is 0. The first-order valence-electron chi connectivity index (χ1n) is 9.58. The maximum absolute atomic E-state index is 11.4. The van der Waals surface area contributed by atoms with E-state index in [1.54, 1.807) is 0 Å². The molecular formula is C21H36O4. The smallest absolute Gasteiger partial charge is 0.308 e. The van der Waals surface area contributed by atoms with E-state index in [1.807, 2.05) is 0 Å². The van der Waals surface area contributed by atoms with Crippen molar-refractivity contribution in [1.29, 1.82) is 0 Å². The van der Waals surface area contributed by atoms with Crippen LogP contribution in [0.25, 0.3) is 0 Å². The van der Waals surface area contributed by atoms with Crippen LogP contribution in [0.2, 0.25) is 0 Å². The predicted octanol–water partition coefficient (Wildman–Crippen LogP) is 4.82. The van der Waals surface area contributed by atoms with Crippen molar-refractivity contribution in [2.75, 3.05) is 0 Å². The quantitative estimate of drug-likeness (QED) is 0.192. The molecule has 0 aliphatic heterocycles. The van der Waals surface area contributed by atoms with E-state index in [2.05, 4.69) is 48.1 Å². The number of carbonyl (C=O) groups excluding carboxylic acids is 1. The number of aliphatic hydroxyl groups excluding tert-OH is 2. The summed E-state index contributed by atoms with van der Waals surface area (Å²) in [6.07, 6.45) is 20.4. The average molecular weight is 353 g/mol. The van der Waals surface area contributed by atoms with Crippen LogP contribution in [0.4, 0.5) is 0 Å².